The number of morpholine rings is 1. The van der Waals surface area contributed by atoms with Gasteiger partial charge in [-0.2, -0.15) is 5.26 Å². The molecule has 0 radical (unpaired) electrons. The Bertz CT molecular complexity index is 442. The van der Waals surface area contributed by atoms with Gasteiger partial charge < -0.3 is 9.64 Å². The van der Waals surface area contributed by atoms with Crippen LogP contribution in [0, 0.1) is 17.1 Å². The molecule has 1 aromatic carbocycles. The highest BCUT2D eigenvalue weighted by Crippen LogP contribution is 2.25. The van der Waals surface area contributed by atoms with Gasteiger partial charge in [0.1, 0.15) is 5.82 Å². The van der Waals surface area contributed by atoms with E-state index < -0.39 is 0 Å². The second kappa shape index (κ2) is 5.15. The van der Waals surface area contributed by atoms with Crippen molar-refractivity contribution in [2.24, 2.45) is 0 Å². The van der Waals surface area contributed by atoms with E-state index in [0.717, 1.165) is 6.42 Å². The van der Waals surface area contributed by atoms with Crippen molar-refractivity contribution in [2.45, 2.75) is 19.4 Å². The molecule has 1 unspecified atom stereocenters. The number of hydrogen-bond acceptors (Lipinski definition) is 3. The Kier molecular flexibility index (Phi) is 3.60. The number of hydrogen-bond donors (Lipinski definition) is 0. The molecule has 1 atom stereocenters. The van der Waals surface area contributed by atoms with Crippen LogP contribution in [0.4, 0.5) is 10.1 Å². The normalized spacial score (nSPS) is 20.1. The molecule has 0 spiro atoms. The van der Waals surface area contributed by atoms with E-state index >= 15 is 0 Å². The minimum absolute atomic E-state index is 0.214. The van der Waals surface area contributed by atoms with Crippen LogP contribution in [0.2, 0.25) is 0 Å². The van der Waals surface area contributed by atoms with Crippen LogP contribution in [0.3, 0.4) is 0 Å². The molecule has 0 aromatic heterocycles. The molecule has 0 amide bonds. The molecule has 0 N–H and O–H groups in total. The fourth-order valence-corrected chi connectivity index (χ4v) is 2.12. The van der Waals surface area contributed by atoms with Gasteiger partial charge in [-0.05, 0) is 24.6 Å². The molecule has 1 aromatic rings. The van der Waals surface area contributed by atoms with Crippen LogP contribution in [0.1, 0.15) is 18.9 Å². The van der Waals surface area contributed by atoms with Gasteiger partial charge in [0.15, 0.2) is 0 Å². The summed E-state index contributed by atoms with van der Waals surface area (Å²) in [7, 11) is 0. The average Bonchev–Trinajstić information content (AvgIpc) is 2.38. The average molecular weight is 234 g/mol. The highest BCUT2D eigenvalue weighted by molar-refractivity contribution is 5.52. The second-order valence-corrected chi connectivity index (χ2v) is 4.11. The molecule has 1 aliphatic heterocycles. The number of ether oxygens (including phenoxy) is 1. The molecule has 0 saturated carbocycles. The van der Waals surface area contributed by atoms with E-state index in [4.69, 9.17) is 10.00 Å². The lowest BCUT2D eigenvalue weighted by Gasteiger charge is -2.37. The maximum atomic E-state index is 13.9. The third-order valence-corrected chi connectivity index (χ3v) is 3.08. The van der Waals surface area contributed by atoms with Crippen LogP contribution < -0.4 is 4.90 Å². The fraction of sp³-hybridized carbons (Fsp3) is 0.462. The first kappa shape index (κ1) is 11.9. The first-order chi connectivity index (χ1) is 8.26. The van der Waals surface area contributed by atoms with Gasteiger partial charge in [0.25, 0.3) is 0 Å². The van der Waals surface area contributed by atoms with Gasteiger partial charge in [-0.25, -0.2) is 4.39 Å². The van der Waals surface area contributed by atoms with E-state index in [0.29, 0.717) is 31.0 Å². The zero-order valence-corrected chi connectivity index (χ0v) is 9.82. The van der Waals surface area contributed by atoms with Gasteiger partial charge in [-0.3, -0.25) is 0 Å². The molecule has 1 heterocycles. The molecule has 0 aliphatic carbocycles. The summed E-state index contributed by atoms with van der Waals surface area (Å²) in [5.74, 6) is -0.329. The molecule has 17 heavy (non-hydrogen) atoms. The molecule has 4 heteroatoms. The van der Waals surface area contributed by atoms with Crippen LogP contribution in [0.25, 0.3) is 0 Å². The van der Waals surface area contributed by atoms with Crippen LogP contribution in [0.15, 0.2) is 18.2 Å². The lowest BCUT2D eigenvalue weighted by atomic mass is 10.1. The maximum Gasteiger partial charge on any atom is 0.147 e. The van der Waals surface area contributed by atoms with Crippen LogP contribution in [-0.4, -0.2) is 25.8 Å². The lowest BCUT2D eigenvalue weighted by molar-refractivity contribution is 0.0926. The van der Waals surface area contributed by atoms with Gasteiger partial charge in [-0.15, -0.1) is 0 Å². The van der Waals surface area contributed by atoms with Gasteiger partial charge in [0.05, 0.1) is 36.6 Å². The largest absolute Gasteiger partial charge is 0.377 e. The number of rotatable bonds is 2. The molecule has 90 valence electrons. The molecule has 0 bridgehead atoms. The molecule has 2 rings (SSSR count). The van der Waals surface area contributed by atoms with Crippen molar-refractivity contribution < 1.29 is 9.13 Å². The number of nitrogens with zero attached hydrogens (tertiary/aromatic N) is 2. The van der Waals surface area contributed by atoms with Crippen molar-refractivity contribution >= 4 is 5.69 Å². The van der Waals surface area contributed by atoms with Crippen LogP contribution in [0.5, 0.6) is 0 Å². The summed E-state index contributed by atoms with van der Waals surface area (Å²) < 4.78 is 19.3. The Balaban J connectivity index is 2.29. The highest BCUT2D eigenvalue weighted by atomic mass is 19.1. The summed E-state index contributed by atoms with van der Waals surface area (Å²) in [6, 6.07) is 6.78. The summed E-state index contributed by atoms with van der Waals surface area (Å²) in [6.07, 6.45) is 0.916. The topological polar surface area (TPSA) is 36.3 Å². The fourth-order valence-electron chi connectivity index (χ4n) is 2.12. The Labute approximate surface area is 100 Å². The Morgan fingerprint density at radius 1 is 1.59 bits per heavy atom. The van der Waals surface area contributed by atoms with Crippen molar-refractivity contribution in [1.82, 2.24) is 0 Å². The predicted molar refractivity (Wildman–Crippen MR) is 63.4 cm³/mol. The van der Waals surface area contributed by atoms with Gasteiger partial charge >= 0.3 is 0 Å². The molecule has 1 fully saturated rings. The van der Waals surface area contributed by atoms with E-state index in [9.17, 15) is 4.39 Å². The van der Waals surface area contributed by atoms with E-state index in [1.807, 2.05) is 11.0 Å². The van der Waals surface area contributed by atoms with Crippen molar-refractivity contribution in [3.05, 3.63) is 29.6 Å². The molecule has 1 aliphatic rings. The van der Waals surface area contributed by atoms with E-state index in [1.165, 1.54) is 6.07 Å². The van der Waals surface area contributed by atoms with E-state index in [2.05, 4.69) is 6.92 Å². The zero-order valence-electron chi connectivity index (χ0n) is 9.82. The Morgan fingerprint density at radius 2 is 2.41 bits per heavy atom. The van der Waals surface area contributed by atoms with Crippen molar-refractivity contribution in [3.63, 3.8) is 0 Å². The SMILES string of the molecule is CCC1COCCN1c1ccc(C#N)cc1F. The summed E-state index contributed by atoms with van der Waals surface area (Å²) in [6.45, 7) is 4.01. The minimum atomic E-state index is -0.329. The monoisotopic (exact) mass is 234 g/mol. The molecule has 3 nitrogen and oxygen atoms in total. The number of anilines is 1. The van der Waals surface area contributed by atoms with Gasteiger partial charge in [0, 0.05) is 6.54 Å². The van der Waals surface area contributed by atoms with Gasteiger partial charge in [0.2, 0.25) is 0 Å². The van der Waals surface area contributed by atoms with E-state index in [1.54, 1.807) is 12.1 Å². The van der Waals surface area contributed by atoms with Crippen molar-refractivity contribution in [2.75, 3.05) is 24.7 Å². The molecular weight excluding hydrogens is 219 g/mol. The smallest absolute Gasteiger partial charge is 0.147 e. The Hall–Kier alpha value is -1.60. The number of benzene rings is 1. The number of nitriles is 1. The zero-order chi connectivity index (χ0) is 12.3. The van der Waals surface area contributed by atoms with Gasteiger partial charge in [-0.1, -0.05) is 6.92 Å². The minimum Gasteiger partial charge on any atom is -0.377 e. The third-order valence-electron chi connectivity index (χ3n) is 3.08. The molecular formula is C13H15FN2O. The highest BCUT2D eigenvalue weighted by Gasteiger charge is 2.23. The molecule has 1 saturated heterocycles. The number of halogens is 1. The predicted octanol–water partition coefficient (Wildman–Crippen LogP) is 2.31. The van der Waals surface area contributed by atoms with Crippen molar-refractivity contribution in [1.29, 1.82) is 5.26 Å². The quantitative estimate of drug-likeness (QED) is 0.787. The summed E-state index contributed by atoms with van der Waals surface area (Å²) in [5, 5.41) is 8.71. The summed E-state index contributed by atoms with van der Waals surface area (Å²) in [5.41, 5.74) is 0.923. The second-order valence-electron chi connectivity index (χ2n) is 4.11. The summed E-state index contributed by atoms with van der Waals surface area (Å²) >= 11 is 0. The maximum absolute atomic E-state index is 13.9. The first-order valence-corrected chi connectivity index (χ1v) is 5.80. The van der Waals surface area contributed by atoms with Crippen LogP contribution in [-0.2, 0) is 4.74 Å². The summed E-state index contributed by atoms with van der Waals surface area (Å²) in [4.78, 5) is 2.03. The first-order valence-electron chi connectivity index (χ1n) is 5.80. The van der Waals surface area contributed by atoms with Crippen LogP contribution >= 0.6 is 0 Å². The standard InChI is InChI=1S/C13H15FN2O/c1-2-11-9-17-6-5-16(11)13-4-3-10(8-15)7-12(13)14/h3-4,7,11H,2,5-6,9H2,1H3. The third kappa shape index (κ3) is 2.40. The Morgan fingerprint density at radius 3 is 3.06 bits per heavy atom. The van der Waals surface area contributed by atoms with E-state index in [-0.39, 0.29) is 11.9 Å². The van der Waals surface area contributed by atoms with Crippen molar-refractivity contribution in [3.8, 4) is 6.07 Å². The lowest BCUT2D eigenvalue weighted by Crippen LogP contribution is -2.45.